The molecule has 1 saturated heterocycles. The van der Waals surface area contributed by atoms with Crippen molar-refractivity contribution < 1.29 is 4.79 Å². The summed E-state index contributed by atoms with van der Waals surface area (Å²) in [6, 6.07) is 1.90. The highest BCUT2D eigenvalue weighted by molar-refractivity contribution is 5.93. The van der Waals surface area contributed by atoms with E-state index in [9.17, 15) is 4.79 Å². The summed E-state index contributed by atoms with van der Waals surface area (Å²) in [5.41, 5.74) is 2.03. The largest absolute Gasteiger partial charge is 0.317 e. The van der Waals surface area contributed by atoms with Gasteiger partial charge in [-0.15, -0.1) is 0 Å². The Morgan fingerprint density at radius 2 is 1.95 bits per heavy atom. The lowest BCUT2D eigenvalue weighted by Crippen LogP contribution is -2.31. The number of hydrogen-bond acceptors (Lipinski definition) is 4. The third-order valence-corrected chi connectivity index (χ3v) is 4.32. The number of aromatic nitrogens is 2. The second-order valence-corrected chi connectivity index (χ2v) is 5.83. The summed E-state index contributed by atoms with van der Waals surface area (Å²) in [5, 5.41) is 6.22. The van der Waals surface area contributed by atoms with Gasteiger partial charge < -0.3 is 5.32 Å². The zero-order valence-electron chi connectivity index (χ0n) is 11.5. The second-order valence-electron chi connectivity index (χ2n) is 5.83. The summed E-state index contributed by atoms with van der Waals surface area (Å²) < 4.78 is 0. The van der Waals surface area contributed by atoms with Gasteiger partial charge in [-0.3, -0.25) is 10.1 Å². The quantitative estimate of drug-likeness (QED) is 0.844. The Balaban J connectivity index is 1.66. The Bertz CT molecular complexity index is 488. The predicted molar refractivity (Wildman–Crippen MR) is 72.8 cm³/mol. The number of carbonyl (C=O) groups excluding carboxylic acids is 1. The maximum Gasteiger partial charge on any atom is 0.230 e. The van der Waals surface area contributed by atoms with Crippen molar-refractivity contribution >= 4 is 11.9 Å². The molecule has 2 fully saturated rings. The second kappa shape index (κ2) is 4.56. The average molecular weight is 260 g/mol. The van der Waals surface area contributed by atoms with E-state index < -0.39 is 0 Å². The van der Waals surface area contributed by atoms with Gasteiger partial charge in [0.05, 0.1) is 0 Å². The smallest absolute Gasteiger partial charge is 0.230 e. The molecule has 0 aromatic carbocycles. The van der Waals surface area contributed by atoms with E-state index in [1.807, 2.05) is 19.9 Å². The van der Waals surface area contributed by atoms with E-state index in [1.165, 1.54) is 0 Å². The van der Waals surface area contributed by atoms with Crippen LogP contribution in [0.3, 0.4) is 0 Å². The molecule has 102 valence electrons. The number of anilines is 1. The highest BCUT2D eigenvalue weighted by Crippen LogP contribution is 2.58. The molecule has 0 bridgehead atoms. The first-order chi connectivity index (χ1) is 9.09. The summed E-state index contributed by atoms with van der Waals surface area (Å²) in [4.78, 5) is 20.8. The van der Waals surface area contributed by atoms with Gasteiger partial charge in [0.2, 0.25) is 11.9 Å². The Kier molecular flexibility index (Phi) is 3.01. The lowest BCUT2D eigenvalue weighted by Gasteiger charge is -2.23. The zero-order chi connectivity index (χ0) is 13.5. The Morgan fingerprint density at radius 3 is 2.58 bits per heavy atom. The maximum absolute atomic E-state index is 12.3. The number of amides is 1. The summed E-state index contributed by atoms with van der Waals surface area (Å²) in [6.45, 7) is 5.89. The van der Waals surface area contributed by atoms with Crippen LogP contribution < -0.4 is 10.6 Å². The van der Waals surface area contributed by atoms with Crippen LogP contribution in [0.15, 0.2) is 6.07 Å². The van der Waals surface area contributed by atoms with E-state index in [0.29, 0.717) is 5.95 Å². The van der Waals surface area contributed by atoms with Crippen molar-refractivity contribution in [3.8, 4) is 0 Å². The zero-order valence-corrected chi connectivity index (χ0v) is 11.5. The van der Waals surface area contributed by atoms with Crippen LogP contribution in [0.1, 0.15) is 30.7 Å². The number of carbonyl (C=O) groups is 1. The first kappa shape index (κ1) is 12.5. The molecule has 1 aliphatic carbocycles. The molecule has 3 rings (SSSR count). The van der Waals surface area contributed by atoms with Gasteiger partial charge in [-0.25, -0.2) is 9.97 Å². The van der Waals surface area contributed by atoms with Gasteiger partial charge in [0.25, 0.3) is 0 Å². The molecule has 1 spiro atoms. The van der Waals surface area contributed by atoms with E-state index in [4.69, 9.17) is 0 Å². The van der Waals surface area contributed by atoms with Crippen molar-refractivity contribution in [3.63, 3.8) is 0 Å². The van der Waals surface area contributed by atoms with E-state index in [0.717, 1.165) is 43.7 Å². The van der Waals surface area contributed by atoms with Gasteiger partial charge in [0.1, 0.15) is 0 Å². The molecule has 1 atom stereocenters. The Hall–Kier alpha value is -1.49. The van der Waals surface area contributed by atoms with Crippen LogP contribution in [0, 0.1) is 25.2 Å². The molecule has 5 nitrogen and oxygen atoms in total. The number of piperidine rings is 1. The summed E-state index contributed by atoms with van der Waals surface area (Å²) >= 11 is 0. The van der Waals surface area contributed by atoms with Crippen LogP contribution in [-0.2, 0) is 4.79 Å². The highest BCUT2D eigenvalue weighted by Gasteiger charge is 2.57. The third-order valence-electron chi connectivity index (χ3n) is 4.32. The molecule has 1 unspecified atom stereocenters. The SMILES string of the molecule is Cc1cc(C)nc(NC(=O)C2CC23CCNCC3)n1. The normalized spacial score (nSPS) is 24.2. The van der Waals surface area contributed by atoms with Crippen molar-refractivity contribution in [2.24, 2.45) is 11.3 Å². The lowest BCUT2D eigenvalue weighted by molar-refractivity contribution is -0.118. The van der Waals surface area contributed by atoms with Crippen LogP contribution >= 0.6 is 0 Å². The number of nitrogens with zero attached hydrogens (tertiary/aromatic N) is 2. The van der Waals surface area contributed by atoms with Crippen molar-refractivity contribution in [2.75, 3.05) is 18.4 Å². The Labute approximate surface area is 113 Å². The Morgan fingerprint density at radius 1 is 1.32 bits per heavy atom. The molecule has 5 heteroatoms. The van der Waals surface area contributed by atoms with Crippen LogP contribution in [0.5, 0.6) is 0 Å². The molecule has 1 saturated carbocycles. The molecule has 2 heterocycles. The fourth-order valence-corrected chi connectivity index (χ4v) is 3.17. The van der Waals surface area contributed by atoms with Crippen LogP contribution in [0.4, 0.5) is 5.95 Å². The summed E-state index contributed by atoms with van der Waals surface area (Å²) in [6.07, 6.45) is 3.24. The highest BCUT2D eigenvalue weighted by atomic mass is 16.2. The standard InChI is InChI=1S/C14H20N4O/c1-9-7-10(2)17-13(16-9)18-12(19)11-8-14(11)3-5-15-6-4-14/h7,11,15H,3-6,8H2,1-2H3,(H,16,17,18,19). The van der Waals surface area contributed by atoms with Crippen LogP contribution in [-0.4, -0.2) is 29.0 Å². The van der Waals surface area contributed by atoms with Crippen molar-refractivity contribution in [2.45, 2.75) is 33.1 Å². The van der Waals surface area contributed by atoms with Crippen LogP contribution in [0.2, 0.25) is 0 Å². The molecule has 2 N–H and O–H groups in total. The predicted octanol–water partition coefficient (Wildman–Crippen LogP) is 1.42. The molecule has 1 aromatic heterocycles. The topological polar surface area (TPSA) is 66.9 Å². The average Bonchev–Trinajstić information content (AvgIpc) is 3.02. The van der Waals surface area contributed by atoms with Crippen molar-refractivity contribution in [1.29, 1.82) is 0 Å². The van der Waals surface area contributed by atoms with E-state index in [2.05, 4.69) is 20.6 Å². The number of hydrogen-bond donors (Lipinski definition) is 2. The van der Waals surface area contributed by atoms with Gasteiger partial charge >= 0.3 is 0 Å². The van der Waals surface area contributed by atoms with Crippen molar-refractivity contribution in [3.05, 3.63) is 17.5 Å². The number of nitrogens with one attached hydrogen (secondary N) is 2. The fraction of sp³-hybridized carbons (Fsp3) is 0.643. The molecule has 1 aliphatic heterocycles. The van der Waals surface area contributed by atoms with Gasteiger partial charge in [0, 0.05) is 17.3 Å². The molecular weight excluding hydrogens is 240 g/mol. The van der Waals surface area contributed by atoms with Gasteiger partial charge in [-0.05, 0) is 57.7 Å². The first-order valence-electron chi connectivity index (χ1n) is 6.93. The first-order valence-corrected chi connectivity index (χ1v) is 6.93. The minimum Gasteiger partial charge on any atom is -0.317 e. The monoisotopic (exact) mass is 260 g/mol. The van der Waals surface area contributed by atoms with E-state index in [1.54, 1.807) is 0 Å². The maximum atomic E-state index is 12.3. The molecule has 1 aromatic rings. The molecule has 0 radical (unpaired) electrons. The minimum atomic E-state index is 0.0897. The summed E-state index contributed by atoms with van der Waals surface area (Å²) in [7, 11) is 0. The fourth-order valence-electron chi connectivity index (χ4n) is 3.17. The minimum absolute atomic E-state index is 0.0897. The van der Waals surface area contributed by atoms with E-state index in [-0.39, 0.29) is 17.2 Å². The third kappa shape index (κ3) is 2.47. The molecule has 2 aliphatic rings. The summed E-state index contributed by atoms with van der Waals surface area (Å²) in [5.74, 6) is 0.685. The van der Waals surface area contributed by atoms with Gasteiger partial charge in [-0.1, -0.05) is 0 Å². The molecule has 19 heavy (non-hydrogen) atoms. The van der Waals surface area contributed by atoms with Crippen LogP contribution in [0.25, 0.3) is 0 Å². The molecule has 1 amide bonds. The lowest BCUT2D eigenvalue weighted by atomic mass is 9.92. The number of aryl methyl sites for hydroxylation is 2. The van der Waals surface area contributed by atoms with Gasteiger partial charge in [0.15, 0.2) is 0 Å². The van der Waals surface area contributed by atoms with Gasteiger partial charge in [-0.2, -0.15) is 0 Å². The number of rotatable bonds is 2. The van der Waals surface area contributed by atoms with E-state index >= 15 is 0 Å². The molecular formula is C14H20N4O. The van der Waals surface area contributed by atoms with Crippen molar-refractivity contribution in [1.82, 2.24) is 15.3 Å².